The molecule has 0 saturated heterocycles. The van der Waals surface area contributed by atoms with E-state index < -0.39 is 5.97 Å². The van der Waals surface area contributed by atoms with E-state index in [4.69, 9.17) is 5.11 Å². The second kappa shape index (κ2) is 5.01. The third-order valence-corrected chi connectivity index (χ3v) is 4.04. The maximum Gasteiger partial charge on any atom is 0.355 e. The molecule has 100 valence electrons. The Morgan fingerprint density at radius 1 is 1.32 bits per heavy atom. The summed E-state index contributed by atoms with van der Waals surface area (Å²) in [6.07, 6.45) is 0. The number of rotatable bonds is 3. The van der Waals surface area contributed by atoms with E-state index in [9.17, 15) is 4.79 Å². The van der Waals surface area contributed by atoms with Crippen LogP contribution < -0.4 is 4.90 Å². The molecule has 0 atom stereocenters. The van der Waals surface area contributed by atoms with Crippen molar-refractivity contribution < 1.29 is 9.90 Å². The second-order valence-corrected chi connectivity index (χ2v) is 5.74. The van der Waals surface area contributed by atoms with E-state index in [2.05, 4.69) is 11.1 Å². The fourth-order valence-electron chi connectivity index (χ4n) is 2.01. The molecular weight excluding hydrogens is 260 g/mol. The van der Waals surface area contributed by atoms with Gasteiger partial charge in [0.15, 0.2) is 10.8 Å². The first kappa shape index (κ1) is 13.5. The highest BCUT2D eigenvalue weighted by Crippen LogP contribution is 2.32. The largest absolute Gasteiger partial charge is 0.476 e. The Kier molecular flexibility index (Phi) is 3.57. The number of carbonyl (C=O) groups is 1. The first-order chi connectivity index (χ1) is 8.90. The minimum Gasteiger partial charge on any atom is -0.476 e. The zero-order valence-electron chi connectivity index (χ0n) is 11.4. The lowest BCUT2D eigenvalue weighted by Gasteiger charge is -2.18. The van der Waals surface area contributed by atoms with E-state index in [0.717, 1.165) is 16.1 Å². The summed E-state index contributed by atoms with van der Waals surface area (Å²) in [7, 11) is 1.90. The van der Waals surface area contributed by atoms with Crippen molar-refractivity contribution in [1.29, 1.82) is 0 Å². The number of thiazole rings is 1. The maximum absolute atomic E-state index is 11.0. The fourth-order valence-corrected chi connectivity index (χ4v) is 2.88. The van der Waals surface area contributed by atoms with Crippen molar-refractivity contribution >= 4 is 28.1 Å². The van der Waals surface area contributed by atoms with Crippen LogP contribution in [0.2, 0.25) is 0 Å². The van der Waals surface area contributed by atoms with Crippen molar-refractivity contribution in [1.82, 2.24) is 4.98 Å². The van der Waals surface area contributed by atoms with Gasteiger partial charge in [-0.1, -0.05) is 17.7 Å². The number of aromatic nitrogens is 1. The van der Waals surface area contributed by atoms with Crippen molar-refractivity contribution in [2.45, 2.75) is 20.8 Å². The van der Waals surface area contributed by atoms with Crippen LogP contribution in [0.15, 0.2) is 18.2 Å². The molecule has 1 aromatic heterocycles. The molecule has 0 aliphatic carbocycles. The lowest BCUT2D eigenvalue weighted by atomic mass is 10.1. The number of carboxylic acids is 1. The van der Waals surface area contributed by atoms with Crippen molar-refractivity contribution in [3.63, 3.8) is 0 Å². The van der Waals surface area contributed by atoms with Gasteiger partial charge in [0, 0.05) is 17.6 Å². The van der Waals surface area contributed by atoms with Gasteiger partial charge in [0.05, 0.1) is 0 Å². The highest BCUT2D eigenvalue weighted by atomic mass is 32.1. The molecule has 1 aromatic carbocycles. The standard InChI is InChI=1S/C14H16N2O2S/c1-8-5-6-11(9(2)7-8)16(4)14-15-12(13(17)18)10(3)19-14/h5-7H,1-4H3,(H,17,18). The van der Waals surface area contributed by atoms with Gasteiger partial charge in [0.25, 0.3) is 0 Å². The summed E-state index contributed by atoms with van der Waals surface area (Å²) < 4.78 is 0. The summed E-state index contributed by atoms with van der Waals surface area (Å²) in [6.45, 7) is 5.87. The third-order valence-electron chi connectivity index (χ3n) is 2.99. The monoisotopic (exact) mass is 276 g/mol. The van der Waals surface area contributed by atoms with Gasteiger partial charge < -0.3 is 10.0 Å². The zero-order chi connectivity index (χ0) is 14.2. The summed E-state index contributed by atoms with van der Waals surface area (Å²) in [5, 5.41) is 9.74. The molecule has 0 spiro atoms. The molecule has 0 radical (unpaired) electrons. The van der Waals surface area contributed by atoms with Crippen LogP contribution in [0.1, 0.15) is 26.5 Å². The summed E-state index contributed by atoms with van der Waals surface area (Å²) >= 11 is 1.39. The molecule has 4 nitrogen and oxygen atoms in total. The molecule has 5 heteroatoms. The van der Waals surface area contributed by atoms with Crippen molar-refractivity contribution in [3.8, 4) is 0 Å². The summed E-state index contributed by atoms with van der Waals surface area (Å²) in [6, 6.07) is 6.17. The number of carboxylic acid groups (broad SMARTS) is 1. The highest BCUT2D eigenvalue weighted by Gasteiger charge is 2.17. The summed E-state index contributed by atoms with van der Waals surface area (Å²) in [4.78, 5) is 17.9. The molecule has 2 aromatic rings. The van der Waals surface area contributed by atoms with Crippen LogP contribution in [-0.2, 0) is 0 Å². The van der Waals surface area contributed by atoms with E-state index in [1.165, 1.54) is 16.9 Å². The zero-order valence-corrected chi connectivity index (χ0v) is 12.2. The second-order valence-electron chi connectivity index (χ2n) is 4.56. The first-order valence-corrected chi connectivity index (χ1v) is 6.73. The molecule has 2 rings (SSSR count). The van der Waals surface area contributed by atoms with Crippen LogP contribution in [0.5, 0.6) is 0 Å². The Balaban J connectivity index is 2.41. The lowest BCUT2D eigenvalue weighted by Crippen LogP contribution is -2.11. The average Bonchev–Trinajstić information content (AvgIpc) is 2.70. The van der Waals surface area contributed by atoms with E-state index in [0.29, 0.717) is 5.13 Å². The predicted molar refractivity (Wildman–Crippen MR) is 77.8 cm³/mol. The van der Waals surface area contributed by atoms with Crippen LogP contribution in [-0.4, -0.2) is 23.1 Å². The fraction of sp³-hybridized carbons (Fsp3) is 0.286. The molecule has 0 bridgehead atoms. The number of hydrogen-bond acceptors (Lipinski definition) is 4. The molecule has 1 heterocycles. The van der Waals surface area contributed by atoms with Crippen LogP contribution in [0, 0.1) is 20.8 Å². The van der Waals surface area contributed by atoms with Gasteiger partial charge in [-0.2, -0.15) is 0 Å². The molecule has 0 unspecified atom stereocenters. The van der Waals surface area contributed by atoms with Gasteiger partial charge in [-0.05, 0) is 32.4 Å². The summed E-state index contributed by atoms with van der Waals surface area (Å²) in [5.41, 5.74) is 3.52. The van der Waals surface area contributed by atoms with E-state index in [1.54, 1.807) is 6.92 Å². The SMILES string of the molecule is Cc1ccc(N(C)c2nc(C(=O)O)c(C)s2)c(C)c1. The van der Waals surface area contributed by atoms with Gasteiger partial charge in [0.2, 0.25) is 0 Å². The molecule has 19 heavy (non-hydrogen) atoms. The van der Waals surface area contributed by atoms with E-state index in [-0.39, 0.29) is 5.69 Å². The van der Waals surface area contributed by atoms with E-state index in [1.807, 2.05) is 37.9 Å². The average molecular weight is 276 g/mol. The Labute approximate surface area is 116 Å². The van der Waals surface area contributed by atoms with Crippen LogP contribution in [0.4, 0.5) is 10.8 Å². The molecule has 0 aliphatic rings. The number of aromatic carboxylic acids is 1. The van der Waals surface area contributed by atoms with Gasteiger partial charge in [0.1, 0.15) is 0 Å². The van der Waals surface area contributed by atoms with Crippen LogP contribution >= 0.6 is 11.3 Å². The topological polar surface area (TPSA) is 53.4 Å². The van der Waals surface area contributed by atoms with Crippen LogP contribution in [0.3, 0.4) is 0 Å². The molecule has 0 fully saturated rings. The highest BCUT2D eigenvalue weighted by molar-refractivity contribution is 7.15. The third kappa shape index (κ3) is 2.61. The van der Waals surface area contributed by atoms with Gasteiger partial charge >= 0.3 is 5.97 Å². The molecule has 0 aliphatic heterocycles. The normalized spacial score (nSPS) is 10.5. The Hall–Kier alpha value is -1.88. The Bertz CT molecular complexity index is 634. The minimum atomic E-state index is -0.978. The number of nitrogens with zero attached hydrogens (tertiary/aromatic N) is 2. The maximum atomic E-state index is 11.0. The molecular formula is C14H16N2O2S. The van der Waals surface area contributed by atoms with Gasteiger partial charge in [-0.25, -0.2) is 9.78 Å². The Morgan fingerprint density at radius 3 is 2.53 bits per heavy atom. The number of anilines is 2. The van der Waals surface area contributed by atoms with Gasteiger partial charge in [-0.3, -0.25) is 0 Å². The first-order valence-electron chi connectivity index (χ1n) is 5.92. The minimum absolute atomic E-state index is 0.136. The smallest absolute Gasteiger partial charge is 0.355 e. The Morgan fingerprint density at radius 2 is 2.00 bits per heavy atom. The molecule has 0 saturated carbocycles. The quantitative estimate of drug-likeness (QED) is 0.931. The summed E-state index contributed by atoms with van der Waals surface area (Å²) in [5.74, 6) is -0.978. The number of hydrogen-bond donors (Lipinski definition) is 1. The van der Waals surface area contributed by atoms with Crippen molar-refractivity contribution in [2.24, 2.45) is 0 Å². The molecule has 1 N–H and O–H groups in total. The number of aryl methyl sites for hydroxylation is 3. The van der Waals surface area contributed by atoms with E-state index >= 15 is 0 Å². The molecule has 0 amide bonds. The van der Waals surface area contributed by atoms with Crippen molar-refractivity contribution in [2.75, 3.05) is 11.9 Å². The van der Waals surface area contributed by atoms with Crippen molar-refractivity contribution in [3.05, 3.63) is 39.9 Å². The number of benzene rings is 1. The van der Waals surface area contributed by atoms with Gasteiger partial charge in [-0.15, -0.1) is 11.3 Å². The predicted octanol–water partition coefficient (Wildman–Crippen LogP) is 3.53. The van der Waals surface area contributed by atoms with Crippen LogP contribution in [0.25, 0.3) is 0 Å². The lowest BCUT2D eigenvalue weighted by molar-refractivity contribution is 0.0690.